The molecule has 21 heavy (non-hydrogen) atoms. The molecule has 0 heterocycles. The fourth-order valence-electron chi connectivity index (χ4n) is 1.91. The van der Waals surface area contributed by atoms with Gasteiger partial charge in [-0.15, -0.1) is 0 Å². The van der Waals surface area contributed by atoms with Crippen LogP contribution in [-0.4, -0.2) is 34.1 Å². The Balaban J connectivity index is 2.93. The zero-order chi connectivity index (χ0) is 16.2. The number of carbonyl (C=O) groups excluding carboxylic acids is 1. The van der Waals surface area contributed by atoms with Gasteiger partial charge < -0.3 is 15.3 Å². The summed E-state index contributed by atoms with van der Waals surface area (Å²) in [4.78, 5) is 24.7. The molecule has 116 valence electrons. The van der Waals surface area contributed by atoms with Gasteiger partial charge >= 0.3 is 12.0 Å². The maximum atomic E-state index is 12.4. The normalized spacial score (nSPS) is 11.1. The number of para-hydroxylation sites is 1. The van der Waals surface area contributed by atoms with Crippen LogP contribution in [0.1, 0.15) is 32.8 Å². The third kappa shape index (κ3) is 4.93. The van der Waals surface area contributed by atoms with Crippen molar-refractivity contribution < 1.29 is 14.7 Å². The standard InChI is InChI=1S/C15H21ClN2O3/c1-10-6-5-7-11(16)13(10)17-14(21)18(15(2,3)4)9-8-12(19)20/h5-7H,8-9H2,1-4H3,(H,17,21)(H,19,20). The quantitative estimate of drug-likeness (QED) is 0.889. The summed E-state index contributed by atoms with van der Waals surface area (Å²) in [6.07, 6.45) is -0.105. The van der Waals surface area contributed by atoms with E-state index in [2.05, 4.69) is 5.32 Å². The van der Waals surface area contributed by atoms with Gasteiger partial charge in [-0.3, -0.25) is 4.79 Å². The van der Waals surface area contributed by atoms with Gasteiger partial charge in [0.05, 0.1) is 17.1 Å². The fourth-order valence-corrected chi connectivity index (χ4v) is 2.18. The van der Waals surface area contributed by atoms with Crippen molar-refractivity contribution in [2.24, 2.45) is 0 Å². The summed E-state index contributed by atoms with van der Waals surface area (Å²) in [5.41, 5.74) is 0.908. The minimum atomic E-state index is -0.939. The van der Waals surface area contributed by atoms with E-state index in [0.717, 1.165) is 5.56 Å². The number of rotatable bonds is 4. The molecule has 2 amide bonds. The van der Waals surface area contributed by atoms with Crippen molar-refractivity contribution in [2.75, 3.05) is 11.9 Å². The van der Waals surface area contributed by atoms with Gasteiger partial charge in [0.2, 0.25) is 0 Å². The second-order valence-electron chi connectivity index (χ2n) is 5.83. The van der Waals surface area contributed by atoms with Crippen molar-refractivity contribution in [3.8, 4) is 0 Å². The predicted molar refractivity (Wildman–Crippen MR) is 83.9 cm³/mol. The Morgan fingerprint density at radius 3 is 2.43 bits per heavy atom. The molecule has 0 saturated carbocycles. The second kappa shape index (κ2) is 6.80. The van der Waals surface area contributed by atoms with Crippen LogP contribution in [0, 0.1) is 6.92 Å². The van der Waals surface area contributed by atoms with E-state index in [4.69, 9.17) is 16.7 Å². The van der Waals surface area contributed by atoms with Crippen LogP contribution in [0.4, 0.5) is 10.5 Å². The number of anilines is 1. The molecule has 0 atom stereocenters. The number of halogens is 1. The average Bonchev–Trinajstić information content (AvgIpc) is 2.32. The molecule has 6 heteroatoms. The van der Waals surface area contributed by atoms with E-state index in [1.165, 1.54) is 4.90 Å². The molecule has 0 aromatic heterocycles. The van der Waals surface area contributed by atoms with Crippen molar-refractivity contribution in [1.29, 1.82) is 0 Å². The lowest BCUT2D eigenvalue weighted by Gasteiger charge is -2.35. The summed E-state index contributed by atoms with van der Waals surface area (Å²) in [7, 11) is 0. The van der Waals surface area contributed by atoms with E-state index in [1.54, 1.807) is 12.1 Å². The molecule has 0 radical (unpaired) electrons. The number of aryl methyl sites for hydroxylation is 1. The number of benzene rings is 1. The molecule has 0 aliphatic carbocycles. The smallest absolute Gasteiger partial charge is 0.322 e. The first-order chi connectivity index (χ1) is 9.62. The van der Waals surface area contributed by atoms with E-state index >= 15 is 0 Å². The molecule has 1 aromatic rings. The van der Waals surface area contributed by atoms with Crippen LogP contribution in [0.25, 0.3) is 0 Å². The van der Waals surface area contributed by atoms with Crippen molar-refractivity contribution in [2.45, 2.75) is 39.7 Å². The molecule has 5 nitrogen and oxygen atoms in total. The van der Waals surface area contributed by atoms with Gasteiger partial charge in [-0.1, -0.05) is 23.7 Å². The highest BCUT2D eigenvalue weighted by molar-refractivity contribution is 6.33. The Morgan fingerprint density at radius 2 is 1.95 bits per heavy atom. The van der Waals surface area contributed by atoms with Gasteiger partial charge in [0.1, 0.15) is 0 Å². The number of carboxylic acids is 1. The van der Waals surface area contributed by atoms with Gasteiger partial charge in [0.25, 0.3) is 0 Å². The van der Waals surface area contributed by atoms with Crippen LogP contribution in [-0.2, 0) is 4.79 Å². The summed E-state index contributed by atoms with van der Waals surface area (Å²) in [5.74, 6) is -0.939. The van der Waals surface area contributed by atoms with Crippen LogP contribution in [0.5, 0.6) is 0 Å². The van der Waals surface area contributed by atoms with Gasteiger partial charge in [-0.25, -0.2) is 4.79 Å². The maximum absolute atomic E-state index is 12.4. The van der Waals surface area contributed by atoms with Crippen LogP contribution in [0.3, 0.4) is 0 Å². The molecule has 1 rings (SSSR count). The first kappa shape index (κ1) is 17.3. The number of amides is 2. The molecular formula is C15H21ClN2O3. The molecule has 0 unspecified atom stereocenters. The molecule has 1 aromatic carbocycles. The summed E-state index contributed by atoms with van der Waals surface area (Å²) >= 11 is 6.09. The Morgan fingerprint density at radius 1 is 1.33 bits per heavy atom. The lowest BCUT2D eigenvalue weighted by Crippen LogP contribution is -2.48. The summed E-state index contributed by atoms with van der Waals surface area (Å²) in [5, 5.41) is 12.0. The van der Waals surface area contributed by atoms with Crippen molar-refractivity contribution in [1.82, 2.24) is 4.90 Å². The number of carbonyl (C=O) groups is 2. The van der Waals surface area contributed by atoms with Crippen LogP contribution >= 0.6 is 11.6 Å². The third-order valence-electron chi connectivity index (χ3n) is 3.06. The van der Waals surface area contributed by atoms with Crippen LogP contribution < -0.4 is 5.32 Å². The number of nitrogens with one attached hydrogen (secondary N) is 1. The number of nitrogens with zero attached hydrogens (tertiary/aromatic N) is 1. The fraction of sp³-hybridized carbons (Fsp3) is 0.467. The monoisotopic (exact) mass is 312 g/mol. The van der Waals surface area contributed by atoms with E-state index in [-0.39, 0.29) is 19.0 Å². The maximum Gasteiger partial charge on any atom is 0.322 e. The highest BCUT2D eigenvalue weighted by atomic mass is 35.5. The van der Waals surface area contributed by atoms with E-state index in [1.807, 2.05) is 33.8 Å². The molecule has 0 saturated heterocycles. The summed E-state index contributed by atoms with van der Waals surface area (Å²) < 4.78 is 0. The molecule has 0 aliphatic rings. The molecule has 0 spiro atoms. The average molecular weight is 313 g/mol. The predicted octanol–water partition coefficient (Wildman–Crippen LogP) is 3.76. The van der Waals surface area contributed by atoms with Crippen LogP contribution in [0.2, 0.25) is 5.02 Å². The van der Waals surface area contributed by atoms with E-state index < -0.39 is 11.5 Å². The van der Waals surface area contributed by atoms with E-state index in [9.17, 15) is 9.59 Å². The number of hydrogen-bond donors (Lipinski definition) is 2. The third-order valence-corrected chi connectivity index (χ3v) is 3.37. The van der Waals surface area contributed by atoms with E-state index in [0.29, 0.717) is 10.7 Å². The van der Waals surface area contributed by atoms with Gasteiger partial charge in [0, 0.05) is 12.1 Å². The molecule has 0 fully saturated rings. The first-order valence-electron chi connectivity index (χ1n) is 6.68. The minimum Gasteiger partial charge on any atom is -0.481 e. The van der Waals surface area contributed by atoms with Crippen molar-refractivity contribution in [3.63, 3.8) is 0 Å². The highest BCUT2D eigenvalue weighted by Crippen LogP contribution is 2.26. The van der Waals surface area contributed by atoms with Crippen molar-refractivity contribution in [3.05, 3.63) is 28.8 Å². The number of aliphatic carboxylic acids is 1. The van der Waals surface area contributed by atoms with Crippen molar-refractivity contribution >= 4 is 29.3 Å². The minimum absolute atomic E-state index is 0.105. The number of urea groups is 1. The lowest BCUT2D eigenvalue weighted by atomic mass is 10.1. The lowest BCUT2D eigenvalue weighted by molar-refractivity contribution is -0.137. The first-order valence-corrected chi connectivity index (χ1v) is 7.06. The van der Waals surface area contributed by atoms with Gasteiger partial charge in [0.15, 0.2) is 0 Å². The van der Waals surface area contributed by atoms with Gasteiger partial charge in [-0.2, -0.15) is 0 Å². The Kier molecular flexibility index (Phi) is 5.61. The van der Waals surface area contributed by atoms with Gasteiger partial charge in [-0.05, 0) is 39.3 Å². The summed E-state index contributed by atoms with van der Waals surface area (Å²) in [6.45, 7) is 7.55. The number of hydrogen-bond acceptors (Lipinski definition) is 2. The molecule has 0 bridgehead atoms. The Hall–Kier alpha value is -1.75. The zero-order valence-electron chi connectivity index (χ0n) is 12.7. The Bertz CT molecular complexity index is 518. The molecule has 2 N–H and O–H groups in total. The topological polar surface area (TPSA) is 69.6 Å². The van der Waals surface area contributed by atoms with Crippen LogP contribution in [0.15, 0.2) is 18.2 Å². The molecule has 0 aliphatic heterocycles. The molecular weight excluding hydrogens is 292 g/mol. The zero-order valence-corrected chi connectivity index (χ0v) is 13.5. The second-order valence-corrected chi connectivity index (χ2v) is 6.24. The largest absolute Gasteiger partial charge is 0.481 e. The number of carboxylic acid groups (broad SMARTS) is 1. The Labute approximate surface area is 129 Å². The summed E-state index contributed by atoms with van der Waals surface area (Å²) in [6, 6.07) is 4.99. The highest BCUT2D eigenvalue weighted by Gasteiger charge is 2.27. The SMILES string of the molecule is Cc1cccc(Cl)c1NC(=O)N(CCC(=O)O)C(C)(C)C.